The summed E-state index contributed by atoms with van der Waals surface area (Å²) in [6.45, 7) is 6.20. The molecule has 17 heavy (non-hydrogen) atoms. The summed E-state index contributed by atoms with van der Waals surface area (Å²) in [6, 6.07) is 2.59. The Labute approximate surface area is 110 Å². The van der Waals surface area contributed by atoms with E-state index in [1.807, 2.05) is 6.92 Å². The van der Waals surface area contributed by atoms with Crippen molar-refractivity contribution < 1.29 is 8.78 Å². The lowest BCUT2D eigenvalue weighted by Gasteiger charge is -2.17. The number of hydrogen-bond donors (Lipinski definition) is 1. The normalized spacial score (nSPS) is 12.9. The van der Waals surface area contributed by atoms with E-state index in [1.165, 1.54) is 12.1 Å². The van der Waals surface area contributed by atoms with Crippen LogP contribution >= 0.6 is 15.9 Å². The predicted molar refractivity (Wildman–Crippen MR) is 71.2 cm³/mol. The van der Waals surface area contributed by atoms with Crippen LogP contribution in [0.1, 0.15) is 33.6 Å². The largest absolute Gasteiger partial charge is 0.378 e. The van der Waals surface area contributed by atoms with E-state index in [1.54, 1.807) is 0 Å². The van der Waals surface area contributed by atoms with E-state index >= 15 is 0 Å². The van der Waals surface area contributed by atoms with Gasteiger partial charge in [0.2, 0.25) is 0 Å². The molecule has 0 heterocycles. The van der Waals surface area contributed by atoms with Gasteiger partial charge in [-0.15, -0.1) is 0 Å². The van der Waals surface area contributed by atoms with Crippen LogP contribution in [0.15, 0.2) is 16.6 Å². The van der Waals surface area contributed by atoms with Crippen LogP contribution in [-0.4, -0.2) is 6.04 Å². The minimum atomic E-state index is -0.562. The molecule has 1 nitrogen and oxygen atoms in total. The Morgan fingerprint density at radius 2 is 1.65 bits per heavy atom. The first kappa shape index (κ1) is 14.4. The van der Waals surface area contributed by atoms with Crippen molar-refractivity contribution in [3.63, 3.8) is 0 Å². The smallest absolute Gasteiger partial charge is 0.150 e. The minimum Gasteiger partial charge on any atom is -0.378 e. The maximum Gasteiger partial charge on any atom is 0.150 e. The highest BCUT2D eigenvalue weighted by atomic mass is 79.9. The van der Waals surface area contributed by atoms with Crippen molar-refractivity contribution in [3.8, 4) is 0 Å². The van der Waals surface area contributed by atoms with Crippen molar-refractivity contribution in [2.24, 2.45) is 5.92 Å². The van der Waals surface area contributed by atoms with Gasteiger partial charge in [0.05, 0.1) is 0 Å². The molecule has 0 spiro atoms. The van der Waals surface area contributed by atoms with E-state index in [9.17, 15) is 8.78 Å². The number of nitrogens with one attached hydrogen (secondary N) is 1. The molecular weight excluding hydrogens is 288 g/mol. The fourth-order valence-electron chi connectivity index (χ4n) is 1.58. The molecule has 1 rings (SSSR count). The molecule has 4 heteroatoms. The quantitative estimate of drug-likeness (QED) is 0.810. The van der Waals surface area contributed by atoms with Crippen molar-refractivity contribution in [1.82, 2.24) is 0 Å². The molecule has 0 amide bonds. The monoisotopic (exact) mass is 305 g/mol. The van der Waals surface area contributed by atoms with Crippen molar-refractivity contribution in [3.05, 3.63) is 28.2 Å². The average molecular weight is 306 g/mol. The molecule has 96 valence electrons. The van der Waals surface area contributed by atoms with Gasteiger partial charge in [0, 0.05) is 10.5 Å². The SMILES string of the molecule is CC(C)CCC(C)Nc1c(F)cc(Br)cc1F. The lowest BCUT2D eigenvalue weighted by Crippen LogP contribution is -2.17. The Morgan fingerprint density at radius 3 is 2.12 bits per heavy atom. The highest BCUT2D eigenvalue weighted by molar-refractivity contribution is 9.10. The van der Waals surface area contributed by atoms with Gasteiger partial charge in [-0.25, -0.2) is 8.78 Å². The first-order chi connectivity index (χ1) is 7.90. The molecule has 1 aromatic carbocycles. The highest BCUT2D eigenvalue weighted by Crippen LogP contribution is 2.25. The molecule has 0 bridgehead atoms. The molecule has 0 saturated carbocycles. The fourth-order valence-corrected chi connectivity index (χ4v) is 1.98. The third kappa shape index (κ3) is 4.62. The second-order valence-corrected chi connectivity index (χ2v) is 5.68. The highest BCUT2D eigenvalue weighted by Gasteiger charge is 2.13. The zero-order chi connectivity index (χ0) is 13.0. The average Bonchev–Trinajstić information content (AvgIpc) is 2.20. The summed E-state index contributed by atoms with van der Waals surface area (Å²) in [5.74, 6) is -0.527. The van der Waals surface area contributed by atoms with Crippen LogP contribution < -0.4 is 5.32 Å². The summed E-state index contributed by atoms with van der Waals surface area (Å²) >= 11 is 3.06. The molecule has 0 aliphatic carbocycles. The molecule has 1 aromatic rings. The Hall–Kier alpha value is -0.640. The lowest BCUT2D eigenvalue weighted by atomic mass is 10.0. The Bertz CT molecular complexity index is 357. The summed E-state index contributed by atoms with van der Waals surface area (Å²) in [6.07, 6.45) is 1.93. The molecule has 0 saturated heterocycles. The Balaban J connectivity index is 2.68. The van der Waals surface area contributed by atoms with Crippen LogP contribution in [-0.2, 0) is 0 Å². The molecule has 0 radical (unpaired) electrons. The second-order valence-electron chi connectivity index (χ2n) is 4.76. The van der Waals surface area contributed by atoms with Gasteiger partial charge in [0.25, 0.3) is 0 Å². The van der Waals surface area contributed by atoms with Gasteiger partial charge in [-0.3, -0.25) is 0 Å². The topological polar surface area (TPSA) is 12.0 Å². The van der Waals surface area contributed by atoms with E-state index in [2.05, 4.69) is 35.1 Å². The third-order valence-electron chi connectivity index (χ3n) is 2.57. The molecule has 1 unspecified atom stereocenters. The molecular formula is C13H18BrF2N. The number of benzene rings is 1. The summed E-state index contributed by atoms with van der Waals surface area (Å²) < 4.78 is 27.5. The van der Waals surface area contributed by atoms with Crippen LogP contribution in [0.3, 0.4) is 0 Å². The maximum absolute atomic E-state index is 13.5. The first-order valence-corrected chi connectivity index (χ1v) is 6.60. The zero-order valence-electron chi connectivity index (χ0n) is 10.4. The summed E-state index contributed by atoms with van der Waals surface area (Å²) in [5.41, 5.74) is -0.0375. The summed E-state index contributed by atoms with van der Waals surface area (Å²) in [5, 5.41) is 2.89. The summed E-state index contributed by atoms with van der Waals surface area (Å²) in [4.78, 5) is 0. The molecule has 1 N–H and O–H groups in total. The van der Waals surface area contributed by atoms with Gasteiger partial charge in [-0.1, -0.05) is 29.8 Å². The van der Waals surface area contributed by atoms with Crippen LogP contribution in [0.5, 0.6) is 0 Å². The van der Waals surface area contributed by atoms with Crippen LogP contribution in [0.2, 0.25) is 0 Å². The van der Waals surface area contributed by atoms with E-state index < -0.39 is 11.6 Å². The molecule has 0 aliphatic heterocycles. The molecule has 0 aliphatic rings. The van der Waals surface area contributed by atoms with Gasteiger partial charge in [-0.2, -0.15) is 0 Å². The van der Waals surface area contributed by atoms with E-state index in [0.29, 0.717) is 10.4 Å². The van der Waals surface area contributed by atoms with Gasteiger partial charge < -0.3 is 5.32 Å². The van der Waals surface area contributed by atoms with Crippen molar-refractivity contribution in [2.75, 3.05) is 5.32 Å². The van der Waals surface area contributed by atoms with E-state index in [-0.39, 0.29) is 11.7 Å². The van der Waals surface area contributed by atoms with Crippen molar-refractivity contribution >= 4 is 21.6 Å². The van der Waals surface area contributed by atoms with Crippen LogP contribution in [0.4, 0.5) is 14.5 Å². The zero-order valence-corrected chi connectivity index (χ0v) is 11.9. The molecule has 0 fully saturated rings. The number of hydrogen-bond acceptors (Lipinski definition) is 1. The minimum absolute atomic E-state index is 0.0375. The van der Waals surface area contributed by atoms with Crippen molar-refractivity contribution in [2.45, 2.75) is 39.7 Å². The van der Waals surface area contributed by atoms with Gasteiger partial charge >= 0.3 is 0 Å². The van der Waals surface area contributed by atoms with Crippen LogP contribution in [0.25, 0.3) is 0 Å². The lowest BCUT2D eigenvalue weighted by molar-refractivity contribution is 0.521. The number of rotatable bonds is 5. The number of anilines is 1. The first-order valence-electron chi connectivity index (χ1n) is 5.81. The summed E-state index contributed by atoms with van der Waals surface area (Å²) in [7, 11) is 0. The Kier molecular flexibility index (Phi) is 5.37. The van der Waals surface area contributed by atoms with E-state index in [0.717, 1.165) is 12.8 Å². The van der Waals surface area contributed by atoms with Gasteiger partial charge in [0.1, 0.15) is 17.3 Å². The maximum atomic E-state index is 13.5. The number of halogens is 3. The van der Waals surface area contributed by atoms with E-state index in [4.69, 9.17) is 0 Å². The van der Waals surface area contributed by atoms with Crippen molar-refractivity contribution in [1.29, 1.82) is 0 Å². The molecule has 1 atom stereocenters. The second kappa shape index (κ2) is 6.34. The van der Waals surface area contributed by atoms with Gasteiger partial charge in [0.15, 0.2) is 0 Å². The van der Waals surface area contributed by atoms with Gasteiger partial charge in [-0.05, 0) is 37.8 Å². The van der Waals surface area contributed by atoms with Crippen LogP contribution in [0, 0.1) is 17.6 Å². The fraction of sp³-hybridized carbons (Fsp3) is 0.538. The Morgan fingerprint density at radius 1 is 1.12 bits per heavy atom. The third-order valence-corrected chi connectivity index (χ3v) is 3.03. The molecule has 0 aromatic heterocycles. The standard InChI is InChI=1S/C13H18BrF2N/c1-8(2)4-5-9(3)17-13-11(15)6-10(14)7-12(13)16/h6-9,17H,4-5H2,1-3H3. The predicted octanol–water partition coefficient (Wildman–Crippen LogP) is 4.96.